The van der Waals surface area contributed by atoms with E-state index >= 15 is 0 Å². The Labute approximate surface area is 115 Å². The molecule has 0 saturated carbocycles. The van der Waals surface area contributed by atoms with Gasteiger partial charge in [0.05, 0.1) is 11.9 Å². The van der Waals surface area contributed by atoms with Gasteiger partial charge in [-0.1, -0.05) is 0 Å². The highest BCUT2D eigenvalue weighted by Crippen LogP contribution is 2.31. The number of nitrogens with one attached hydrogen (secondary N) is 1. The number of hydrogen-bond donors (Lipinski definition) is 2. The van der Waals surface area contributed by atoms with Crippen LogP contribution in [0.4, 0.5) is 11.5 Å². The number of hydrogen-bond acceptors (Lipinski definition) is 5. The van der Waals surface area contributed by atoms with Crippen LogP contribution in [0.2, 0.25) is 0 Å². The lowest BCUT2D eigenvalue weighted by molar-refractivity contribution is 0.102. The lowest BCUT2D eigenvalue weighted by Crippen LogP contribution is -2.18. The number of ether oxygens (including phenoxy) is 2. The number of carbonyl (C=O) groups is 1. The summed E-state index contributed by atoms with van der Waals surface area (Å²) in [6, 6.07) is 5.04. The monoisotopic (exact) mass is 274 g/mol. The minimum atomic E-state index is -0.280. The van der Waals surface area contributed by atoms with Gasteiger partial charge in [-0.2, -0.15) is 5.10 Å². The molecule has 2 heterocycles. The van der Waals surface area contributed by atoms with Crippen LogP contribution < -0.4 is 20.5 Å². The summed E-state index contributed by atoms with van der Waals surface area (Å²) in [5.74, 6) is 1.40. The van der Waals surface area contributed by atoms with Crippen LogP contribution in [0.25, 0.3) is 0 Å². The maximum Gasteiger partial charge on any atom is 0.257 e. The van der Waals surface area contributed by atoms with Crippen molar-refractivity contribution in [1.29, 1.82) is 0 Å². The second-order valence-corrected chi connectivity index (χ2v) is 4.38. The number of nitrogen functional groups attached to an aromatic ring is 1. The molecule has 20 heavy (non-hydrogen) atoms. The summed E-state index contributed by atoms with van der Waals surface area (Å²) in [5, 5.41) is 6.69. The quantitative estimate of drug-likeness (QED) is 0.853. The Kier molecular flexibility index (Phi) is 2.94. The van der Waals surface area contributed by atoms with Crippen LogP contribution in [-0.4, -0.2) is 28.9 Å². The Bertz CT molecular complexity index is 646. The molecule has 0 radical (unpaired) electrons. The fourth-order valence-corrected chi connectivity index (χ4v) is 1.97. The van der Waals surface area contributed by atoms with Crippen molar-refractivity contribution < 1.29 is 14.3 Å². The molecule has 1 aliphatic rings. The van der Waals surface area contributed by atoms with Crippen molar-refractivity contribution in [2.24, 2.45) is 7.05 Å². The number of benzene rings is 1. The first kappa shape index (κ1) is 12.3. The lowest BCUT2D eigenvalue weighted by atomic mass is 10.2. The number of nitrogens with two attached hydrogens (primary N) is 1. The van der Waals surface area contributed by atoms with Gasteiger partial charge < -0.3 is 20.5 Å². The van der Waals surface area contributed by atoms with E-state index in [1.807, 2.05) is 0 Å². The molecular weight excluding hydrogens is 260 g/mol. The van der Waals surface area contributed by atoms with Gasteiger partial charge in [0.25, 0.3) is 5.91 Å². The van der Waals surface area contributed by atoms with Crippen LogP contribution in [0, 0.1) is 0 Å². The summed E-state index contributed by atoms with van der Waals surface area (Å²) in [4.78, 5) is 12.2. The van der Waals surface area contributed by atoms with E-state index in [0.29, 0.717) is 41.8 Å². The third kappa shape index (κ3) is 2.13. The lowest BCUT2D eigenvalue weighted by Gasteiger charge is -2.18. The van der Waals surface area contributed by atoms with Crippen molar-refractivity contribution in [1.82, 2.24) is 9.78 Å². The average Bonchev–Trinajstić information content (AvgIpc) is 2.78. The van der Waals surface area contributed by atoms with Crippen molar-refractivity contribution in [3.8, 4) is 11.5 Å². The third-order valence-corrected chi connectivity index (χ3v) is 3.00. The minimum absolute atomic E-state index is 0.280. The number of anilines is 2. The Morgan fingerprint density at radius 3 is 2.80 bits per heavy atom. The number of amides is 1. The normalized spacial score (nSPS) is 13.1. The Balaban J connectivity index is 1.84. The van der Waals surface area contributed by atoms with Crippen molar-refractivity contribution in [3.63, 3.8) is 0 Å². The minimum Gasteiger partial charge on any atom is -0.486 e. The summed E-state index contributed by atoms with van der Waals surface area (Å²) in [5.41, 5.74) is 6.62. The Hall–Kier alpha value is -2.70. The second-order valence-electron chi connectivity index (χ2n) is 4.38. The number of aryl methyl sites for hydroxylation is 1. The molecule has 7 heteroatoms. The predicted molar refractivity (Wildman–Crippen MR) is 73.0 cm³/mol. The fourth-order valence-electron chi connectivity index (χ4n) is 1.97. The Morgan fingerprint density at radius 2 is 2.10 bits per heavy atom. The molecule has 0 spiro atoms. The van der Waals surface area contributed by atoms with E-state index in [-0.39, 0.29) is 5.91 Å². The molecule has 104 valence electrons. The van der Waals surface area contributed by atoms with Crippen LogP contribution >= 0.6 is 0 Å². The van der Waals surface area contributed by atoms with E-state index in [1.165, 1.54) is 10.9 Å². The van der Waals surface area contributed by atoms with E-state index < -0.39 is 0 Å². The van der Waals surface area contributed by atoms with Gasteiger partial charge in [-0.25, -0.2) is 0 Å². The van der Waals surface area contributed by atoms with E-state index in [1.54, 1.807) is 25.2 Å². The summed E-state index contributed by atoms with van der Waals surface area (Å²) in [6.45, 7) is 0.997. The van der Waals surface area contributed by atoms with Crippen LogP contribution in [0.1, 0.15) is 10.4 Å². The van der Waals surface area contributed by atoms with E-state index in [9.17, 15) is 4.79 Å². The zero-order valence-electron chi connectivity index (χ0n) is 10.9. The van der Waals surface area contributed by atoms with Gasteiger partial charge in [0.2, 0.25) is 0 Å². The molecule has 3 N–H and O–H groups in total. The summed E-state index contributed by atoms with van der Waals surface area (Å²) < 4.78 is 12.4. The van der Waals surface area contributed by atoms with Gasteiger partial charge in [0, 0.05) is 12.6 Å². The van der Waals surface area contributed by atoms with Crippen molar-refractivity contribution in [3.05, 3.63) is 30.0 Å². The van der Waals surface area contributed by atoms with Gasteiger partial charge in [0.1, 0.15) is 13.2 Å². The van der Waals surface area contributed by atoms with Gasteiger partial charge in [-0.05, 0) is 18.2 Å². The molecule has 2 aromatic rings. The summed E-state index contributed by atoms with van der Waals surface area (Å²) in [6.07, 6.45) is 1.49. The summed E-state index contributed by atoms with van der Waals surface area (Å²) >= 11 is 0. The topological polar surface area (TPSA) is 91.4 Å². The van der Waals surface area contributed by atoms with Crippen molar-refractivity contribution in [2.45, 2.75) is 0 Å². The first-order chi connectivity index (χ1) is 9.65. The zero-order valence-corrected chi connectivity index (χ0v) is 10.9. The van der Waals surface area contributed by atoms with Gasteiger partial charge in [0.15, 0.2) is 17.3 Å². The molecule has 0 aliphatic carbocycles. The van der Waals surface area contributed by atoms with Crippen molar-refractivity contribution in [2.75, 3.05) is 24.3 Å². The molecule has 0 bridgehead atoms. The van der Waals surface area contributed by atoms with Crippen LogP contribution in [-0.2, 0) is 7.05 Å². The molecule has 1 aromatic heterocycles. The highest BCUT2D eigenvalue weighted by molar-refractivity contribution is 6.05. The second kappa shape index (κ2) is 4.76. The first-order valence-corrected chi connectivity index (χ1v) is 6.13. The van der Waals surface area contributed by atoms with E-state index in [4.69, 9.17) is 15.2 Å². The van der Waals surface area contributed by atoms with Crippen LogP contribution in [0.15, 0.2) is 24.4 Å². The molecule has 0 fully saturated rings. The number of carbonyl (C=O) groups excluding carboxylic acids is 1. The van der Waals surface area contributed by atoms with Crippen LogP contribution in [0.5, 0.6) is 11.5 Å². The highest BCUT2D eigenvalue weighted by Gasteiger charge is 2.16. The fraction of sp³-hybridized carbons (Fsp3) is 0.231. The molecule has 0 atom stereocenters. The van der Waals surface area contributed by atoms with E-state index in [2.05, 4.69) is 10.4 Å². The largest absolute Gasteiger partial charge is 0.486 e. The maximum absolute atomic E-state index is 12.2. The number of nitrogens with zero attached hydrogens (tertiary/aromatic N) is 2. The first-order valence-electron chi connectivity index (χ1n) is 6.13. The standard InChI is InChI=1S/C13H14N4O3/c1-17-12(9(14)7-15-17)16-13(18)8-2-3-10-11(6-8)20-5-4-19-10/h2-3,6-7H,4-5,14H2,1H3,(H,16,18). The third-order valence-electron chi connectivity index (χ3n) is 3.00. The van der Waals surface area contributed by atoms with Crippen LogP contribution in [0.3, 0.4) is 0 Å². The van der Waals surface area contributed by atoms with Gasteiger partial charge >= 0.3 is 0 Å². The number of aromatic nitrogens is 2. The molecule has 1 aromatic carbocycles. The highest BCUT2D eigenvalue weighted by atomic mass is 16.6. The number of fused-ring (bicyclic) bond motifs is 1. The van der Waals surface area contributed by atoms with Gasteiger partial charge in [-0.15, -0.1) is 0 Å². The smallest absolute Gasteiger partial charge is 0.257 e. The maximum atomic E-state index is 12.2. The van der Waals surface area contributed by atoms with Crippen molar-refractivity contribution >= 4 is 17.4 Å². The van der Waals surface area contributed by atoms with Gasteiger partial charge in [-0.3, -0.25) is 9.48 Å². The summed E-state index contributed by atoms with van der Waals surface area (Å²) in [7, 11) is 1.70. The molecule has 1 aliphatic heterocycles. The zero-order chi connectivity index (χ0) is 14.1. The predicted octanol–water partition coefficient (Wildman–Crippen LogP) is 1.03. The van der Waals surface area contributed by atoms with E-state index in [0.717, 1.165) is 0 Å². The average molecular weight is 274 g/mol. The molecule has 7 nitrogen and oxygen atoms in total. The SMILES string of the molecule is Cn1ncc(N)c1NC(=O)c1ccc2c(c1)OCCO2. The Morgan fingerprint density at radius 1 is 1.35 bits per heavy atom. The molecule has 3 rings (SSSR count). The number of rotatable bonds is 2. The molecule has 1 amide bonds. The molecular formula is C13H14N4O3. The molecule has 0 unspecified atom stereocenters. The molecule has 0 saturated heterocycles.